The molecule has 0 aliphatic carbocycles. The molecule has 2 aromatic carbocycles. The van der Waals surface area contributed by atoms with Gasteiger partial charge in [0.1, 0.15) is 11.6 Å². The third-order valence-corrected chi connectivity index (χ3v) is 5.83. The number of halogens is 2. The summed E-state index contributed by atoms with van der Waals surface area (Å²) in [6, 6.07) is 8.54. The Morgan fingerprint density at radius 1 is 1.09 bits per heavy atom. The molecule has 1 aliphatic rings. The van der Waals surface area contributed by atoms with Crippen LogP contribution in [0.4, 0.5) is 20.3 Å². The lowest BCUT2D eigenvalue weighted by Gasteiger charge is -2.26. The highest BCUT2D eigenvalue weighted by Crippen LogP contribution is 2.38. The number of nitrogens with zero attached hydrogens (tertiary/aromatic N) is 5. The normalized spacial score (nSPS) is 14.2. The van der Waals surface area contributed by atoms with Gasteiger partial charge in [-0.1, -0.05) is 17.9 Å². The number of fused-ring (bicyclic) bond motifs is 4. The summed E-state index contributed by atoms with van der Waals surface area (Å²) in [6.07, 6.45) is 2.62. The van der Waals surface area contributed by atoms with Crippen LogP contribution in [0.1, 0.15) is 43.6 Å². The second kappa shape index (κ2) is 7.78. The van der Waals surface area contributed by atoms with Gasteiger partial charge < -0.3 is 10.6 Å². The molecule has 0 radical (unpaired) electrons. The van der Waals surface area contributed by atoms with Crippen LogP contribution in [-0.2, 0) is 6.42 Å². The summed E-state index contributed by atoms with van der Waals surface area (Å²) >= 11 is 0. The fourth-order valence-corrected chi connectivity index (χ4v) is 4.34. The molecule has 0 spiro atoms. The number of hydrogen-bond donors (Lipinski definition) is 1. The van der Waals surface area contributed by atoms with Crippen molar-refractivity contribution in [3.63, 3.8) is 0 Å². The van der Waals surface area contributed by atoms with Crippen molar-refractivity contribution in [3.05, 3.63) is 58.9 Å². The van der Waals surface area contributed by atoms with Gasteiger partial charge in [0.05, 0.1) is 16.4 Å². The van der Waals surface area contributed by atoms with Gasteiger partial charge in [-0.05, 0) is 69.9 Å². The van der Waals surface area contributed by atoms with E-state index in [1.807, 2.05) is 36.9 Å². The van der Waals surface area contributed by atoms with E-state index >= 15 is 4.39 Å². The molecule has 33 heavy (non-hydrogen) atoms. The quantitative estimate of drug-likeness (QED) is 0.438. The topological polar surface area (TPSA) is 72.3 Å². The summed E-state index contributed by atoms with van der Waals surface area (Å²) in [4.78, 5) is 6.61. The van der Waals surface area contributed by atoms with E-state index in [2.05, 4.69) is 27.0 Å². The molecule has 6 nitrogen and oxygen atoms in total. The third-order valence-electron chi connectivity index (χ3n) is 5.83. The van der Waals surface area contributed by atoms with Gasteiger partial charge in [-0.25, -0.2) is 8.78 Å². The van der Waals surface area contributed by atoms with E-state index in [9.17, 15) is 4.39 Å². The van der Waals surface area contributed by atoms with E-state index < -0.39 is 17.2 Å². The highest BCUT2D eigenvalue weighted by Gasteiger charge is 2.26. The first-order valence-corrected chi connectivity index (χ1v) is 11.0. The molecule has 0 bridgehead atoms. The fourth-order valence-electron chi connectivity index (χ4n) is 4.34. The van der Waals surface area contributed by atoms with Crippen LogP contribution in [-0.4, -0.2) is 31.7 Å². The minimum atomic E-state index is -0.934. The number of benzene rings is 2. The van der Waals surface area contributed by atoms with Gasteiger partial charge in [0.25, 0.3) is 5.78 Å². The van der Waals surface area contributed by atoms with E-state index in [0.717, 1.165) is 42.1 Å². The number of nitrogens with two attached hydrogens (primary N) is 1. The zero-order chi connectivity index (χ0) is 23.3. The van der Waals surface area contributed by atoms with Crippen molar-refractivity contribution in [2.45, 2.75) is 45.6 Å². The lowest BCUT2D eigenvalue weighted by molar-refractivity contribution is 0.516. The largest absolute Gasteiger partial charge is 0.325 e. The van der Waals surface area contributed by atoms with Gasteiger partial charge in [-0.2, -0.15) is 4.98 Å². The van der Waals surface area contributed by atoms with Crippen molar-refractivity contribution in [1.29, 1.82) is 0 Å². The average Bonchev–Trinajstić information content (AvgIpc) is 3.01. The van der Waals surface area contributed by atoms with Crippen LogP contribution in [0.3, 0.4) is 0 Å². The van der Waals surface area contributed by atoms with Crippen LogP contribution in [0, 0.1) is 30.4 Å². The molecule has 0 amide bonds. The van der Waals surface area contributed by atoms with Crippen LogP contribution in [0.25, 0.3) is 16.7 Å². The van der Waals surface area contributed by atoms with E-state index in [-0.39, 0.29) is 5.39 Å². The predicted octanol–water partition coefficient (Wildman–Crippen LogP) is 4.43. The minimum Gasteiger partial charge on any atom is -0.325 e. The maximum absolute atomic E-state index is 15.3. The first-order chi connectivity index (χ1) is 15.7. The molecular formula is C25H24F2N6. The minimum absolute atomic E-state index is 0.109. The number of hydrogen-bond acceptors (Lipinski definition) is 5. The van der Waals surface area contributed by atoms with Crippen LogP contribution >= 0.6 is 0 Å². The Labute approximate surface area is 190 Å². The highest BCUT2D eigenvalue weighted by atomic mass is 19.2. The van der Waals surface area contributed by atoms with Crippen LogP contribution in [0.15, 0.2) is 30.3 Å². The predicted molar refractivity (Wildman–Crippen MR) is 124 cm³/mol. The summed E-state index contributed by atoms with van der Waals surface area (Å²) < 4.78 is 31.3. The van der Waals surface area contributed by atoms with Gasteiger partial charge >= 0.3 is 0 Å². The van der Waals surface area contributed by atoms with Gasteiger partial charge in [0.15, 0.2) is 11.6 Å². The van der Waals surface area contributed by atoms with Crippen molar-refractivity contribution in [2.24, 2.45) is 5.73 Å². The molecule has 2 aromatic heterocycles. The maximum Gasteiger partial charge on any atom is 0.257 e. The molecule has 0 atom stereocenters. The van der Waals surface area contributed by atoms with E-state index in [4.69, 9.17) is 5.73 Å². The van der Waals surface area contributed by atoms with Crippen LogP contribution < -0.4 is 10.6 Å². The Bertz CT molecular complexity index is 1460. The molecule has 8 heteroatoms. The highest BCUT2D eigenvalue weighted by molar-refractivity contribution is 5.94. The van der Waals surface area contributed by atoms with Gasteiger partial charge in [0.2, 0.25) is 0 Å². The standard InChI is InChI=1S/C25H24F2N6/c1-15-30-31-24-29-23(21-20(33(15)24)11-10-18(26)22(21)27)32-14-5-4-8-17-16(7-6-9-19(17)32)12-13-25(2,3)28/h6-7,9-11H,4-5,8,14,28H2,1-3H3. The van der Waals surface area contributed by atoms with Crippen molar-refractivity contribution in [1.82, 2.24) is 19.6 Å². The van der Waals surface area contributed by atoms with Crippen molar-refractivity contribution >= 4 is 28.2 Å². The third kappa shape index (κ3) is 3.68. The van der Waals surface area contributed by atoms with E-state index in [1.165, 1.54) is 0 Å². The Kier molecular flexibility index (Phi) is 5.02. The lowest BCUT2D eigenvalue weighted by atomic mass is 9.99. The molecule has 0 saturated carbocycles. The van der Waals surface area contributed by atoms with Gasteiger partial charge in [-0.15, -0.1) is 10.2 Å². The first-order valence-electron chi connectivity index (χ1n) is 11.0. The zero-order valence-corrected chi connectivity index (χ0v) is 18.8. The average molecular weight is 447 g/mol. The second-order valence-electron chi connectivity index (χ2n) is 8.96. The number of aromatic nitrogens is 4. The van der Waals surface area contributed by atoms with Crippen molar-refractivity contribution in [2.75, 3.05) is 11.4 Å². The first kappa shape index (κ1) is 21.3. The summed E-state index contributed by atoms with van der Waals surface area (Å²) in [6.45, 7) is 6.08. The molecule has 3 heterocycles. The fraction of sp³-hybridized carbons (Fsp3) is 0.320. The smallest absolute Gasteiger partial charge is 0.257 e. The maximum atomic E-state index is 15.3. The molecule has 2 N–H and O–H groups in total. The Balaban J connectivity index is 1.80. The zero-order valence-electron chi connectivity index (χ0n) is 18.8. The van der Waals surface area contributed by atoms with Crippen LogP contribution in [0.2, 0.25) is 0 Å². The number of anilines is 2. The second-order valence-corrected chi connectivity index (χ2v) is 8.96. The van der Waals surface area contributed by atoms with E-state index in [0.29, 0.717) is 29.5 Å². The molecule has 1 aliphatic heterocycles. The Morgan fingerprint density at radius 3 is 2.70 bits per heavy atom. The van der Waals surface area contributed by atoms with Crippen LogP contribution in [0.5, 0.6) is 0 Å². The lowest BCUT2D eigenvalue weighted by Crippen LogP contribution is -2.29. The molecular weight excluding hydrogens is 422 g/mol. The monoisotopic (exact) mass is 446 g/mol. The van der Waals surface area contributed by atoms with Crippen molar-refractivity contribution < 1.29 is 8.78 Å². The molecule has 5 rings (SSSR count). The molecule has 0 saturated heterocycles. The number of aryl methyl sites for hydroxylation is 1. The van der Waals surface area contributed by atoms with Gasteiger partial charge in [0, 0.05) is 17.8 Å². The van der Waals surface area contributed by atoms with Gasteiger partial charge in [-0.3, -0.25) is 4.40 Å². The summed E-state index contributed by atoms with van der Waals surface area (Å²) in [5.74, 6) is 5.69. The summed E-state index contributed by atoms with van der Waals surface area (Å²) in [5.41, 5.74) is 8.74. The number of rotatable bonds is 1. The molecule has 4 aromatic rings. The van der Waals surface area contributed by atoms with E-state index in [1.54, 1.807) is 17.4 Å². The molecule has 168 valence electrons. The molecule has 0 fully saturated rings. The summed E-state index contributed by atoms with van der Waals surface area (Å²) in [7, 11) is 0. The van der Waals surface area contributed by atoms with Crippen molar-refractivity contribution in [3.8, 4) is 11.8 Å². The SMILES string of the molecule is Cc1nnc2nc(N3CCCCc4c(C#CC(C)(C)N)cccc43)c3c(F)c(F)ccc3n12. The molecule has 0 unspecified atom stereocenters. The Hall–Kier alpha value is -3.57. The Morgan fingerprint density at radius 2 is 1.91 bits per heavy atom. The summed E-state index contributed by atoms with van der Waals surface area (Å²) in [5, 5.41) is 8.36.